The fourth-order valence-electron chi connectivity index (χ4n) is 3.50. The molecule has 3 aromatic carbocycles. The van der Waals surface area contributed by atoms with Crippen LogP contribution in [0.2, 0.25) is 0 Å². The lowest BCUT2D eigenvalue weighted by Crippen LogP contribution is -2.31. The van der Waals surface area contributed by atoms with Gasteiger partial charge in [0.05, 0.1) is 21.7 Å². The van der Waals surface area contributed by atoms with E-state index in [0.29, 0.717) is 4.90 Å². The number of thioether (sulfide) groups is 2. The van der Waals surface area contributed by atoms with Crippen LogP contribution in [0.25, 0.3) is 0 Å². The highest BCUT2D eigenvalue weighted by molar-refractivity contribution is 9.10. The summed E-state index contributed by atoms with van der Waals surface area (Å²) in [6, 6.07) is 22.8. The largest absolute Gasteiger partial charge is 0.264 e. The number of benzene rings is 3. The molecule has 0 radical (unpaired) electrons. The van der Waals surface area contributed by atoms with Gasteiger partial charge >= 0.3 is 0 Å². The van der Waals surface area contributed by atoms with Crippen LogP contribution in [0, 0.1) is 6.92 Å². The smallest absolute Gasteiger partial charge is 0.262 e. The minimum absolute atomic E-state index is 0.236. The van der Waals surface area contributed by atoms with Crippen LogP contribution in [-0.4, -0.2) is 19.9 Å². The second-order valence-electron chi connectivity index (χ2n) is 7.40. The molecule has 31 heavy (non-hydrogen) atoms. The zero-order valence-electron chi connectivity index (χ0n) is 17.2. The van der Waals surface area contributed by atoms with Gasteiger partial charge in [0, 0.05) is 4.47 Å². The molecular formula is C24H24BrNO2S3. The van der Waals surface area contributed by atoms with E-state index >= 15 is 0 Å². The average molecular weight is 535 g/mol. The Labute approximate surface area is 201 Å². The van der Waals surface area contributed by atoms with Crippen molar-refractivity contribution in [1.82, 2.24) is 0 Å². The first-order valence-electron chi connectivity index (χ1n) is 10.1. The molecule has 3 nitrogen and oxygen atoms in total. The lowest BCUT2D eigenvalue weighted by Gasteiger charge is -2.30. The highest BCUT2D eigenvalue weighted by Gasteiger charge is 2.30. The van der Waals surface area contributed by atoms with Crippen LogP contribution in [0.3, 0.4) is 0 Å². The van der Waals surface area contributed by atoms with E-state index in [0.717, 1.165) is 38.4 Å². The van der Waals surface area contributed by atoms with Crippen molar-refractivity contribution in [3.8, 4) is 0 Å². The molecule has 0 bridgehead atoms. The normalized spacial score (nSPS) is 15.0. The van der Waals surface area contributed by atoms with Crippen LogP contribution in [0.5, 0.6) is 0 Å². The predicted molar refractivity (Wildman–Crippen MR) is 137 cm³/mol. The molecule has 162 valence electrons. The molecule has 1 heterocycles. The van der Waals surface area contributed by atoms with E-state index in [1.165, 1.54) is 6.42 Å². The van der Waals surface area contributed by atoms with Crippen molar-refractivity contribution in [3.63, 3.8) is 0 Å². The summed E-state index contributed by atoms with van der Waals surface area (Å²) in [5, 5.41) is 0. The summed E-state index contributed by atoms with van der Waals surface area (Å²) in [4.78, 5) is 0.309. The van der Waals surface area contributed by atoms with Gasteiger partial charge in [0.25, 0.3) is 10.0 Å². The average Bonchev–Trinajstić information content (AvgIpc) is 2.79. The minimum atomic E-state index is -3.75. The fraction of sp³-hybridized carbons (Fsp3) is 0.250. The Morgan fingerprint density at radius 3 is 2.29 bits per heavy atom. The van der Waals surface area contributed by atoms with Crippen molar-refractivity contribution in [2.45, 2.75) is 29.4 Å². The third kappa shape index (κ3) is 5.16. The minimum Gasteiger partial charge on any atom is -0.262 e. The summed E-state index contributed by atoms with van der Waals surface area (Å²) >= 11 is 7.39. The van der Waals surface area contributed by atoms with Gasteiger partial charge in [0.1, 0.15) is 0 Å². The van der Waals surface area contributed by atoms with Crippen molar-refractivity contribution in [1.29, 1.82) is 0 Å². The maximum Gasteiger partial charge on any atom is 0.264 e. The Balaban J connectivity index is 1.83. The quantitative estimate of drug-likeness (QED) is 0.341. The van der Waals surface area contributed by atoms with E-state index < -0.39 is 10.0 Å². The predicted octanol–water partition coefficient (Wildman–Crippen LogP) is 7.02. The lowest BCUT2D eigenvalue weighted by molar-refractivity contribution is 0.590. The van der Waals surface area contributed by atoms with Gasteiger partial charge in [-0.2, -0.15) is 0 Å². The Hall–Kier alpha value is -1.41. The number of nitrogens with zero attached hydrogens (tertiary/aromatic N) is 1. The number of anilines is 1. The van der Waals surface area contributed by atoms with Crippen LogP contribution in [0.15, 0.2) is 82.2 Å². The standard InChI is InChI=1S/C24H24BrNO2S3/c1-18-11-13-20(14-12-18)31(27,28)26(17-19-7-2-4-9-22(19)25)23-10-5-3-8-21(23)24-29-15-6-16-30-24/h2-5,7-14,24H,6,15-17H2,1H3. The molecule has 0 aliphatic carbocycles. The summed E-state index contributed by atoms with van der Waals surface area (Å²) in [7, 11) is -3.75. The molecule has 0 N–H and O–H groups in total. The molecule has 3 aromatic rings. The van der Waals surface area contributed by atoms with Gasteiger partial charge in [-0.3, -0.25) is 4.31 Å². The summed E-state index contributed by atoms with van der Waals surface area (Å²) in [5.74, 6) is 2.20. The van der Waals surface area contributed by atoms with Crippen molar-refractivity contribution in [2.24, 2.45) is 0 Å². The van der Waals surface area contributed by atoms with E-state index in [2.05, 4.69) is 22.0 Å². The van der Waals surface area contributed by atoms with E-state index in [9.17, 15) is 8.42 Å². The third-order valence-corrected chi connectivity index (χ3v) is 10.7. The van der Waals surface area contributed by atoms with E-state index in [1.54, 1.807) is 16.4 Å². The first-order chi connectivity index (χ1) is 15.0. The van der Waals surface area contributed by atoms with Crippen molar-refractivity contribution in [3.05, 3.63) is 94.0 Å². The zero-order valence-corrected chi connectivity index (χ0v) is 21.2. The van der Waals surface area contributed by atoms with Crippen LogP contribution in [0.1, 0.15) is 27.7 Å². The molecule has 1 fully saturated rings. The second kappa shape index (κ2) is 10.0. The Morgan fingerprint density at radius 2 is 1.58 bits per heavy atom. The summed E-state index contributed by atoms with van der Waals surface area (Å²) in [5.41, 5.74) is 3.79. The first-order valence-corrected chi connectivity index (χ1v) is 14.4. The number of sulfonamides is 1. The van der Waals surface area contributed by atoms with Gasteiger partial charge in [-0.1, -0.05) is 70.0 Å². The van der Waals surface area contributed by atoms with Gasteiger partial charge in [-0.15, -0.1) is 23.5 Å². The Morgan fingerprint density at radius 1 is 0.935 bits per heavy atom. The first kappa shape index (κ1) is 22.8. The number of hydrogen-bond acceptors (Lipinski definition) is 4. The number of hydrogen-bond donors (Lipinski definition) is 0. The SMILES string of the molecule is Cc1ccc(S(=O)(=O)N(Cc2ccccc2Br)c2ccccc2C2SCCCS2)cc1. The zero-order chi connectivity index (χ0) is 21.8. The molecule has 1 aliphatic heterocycles. The molecule has 0 unspecified atom stereocenters. The number of para-hydroxylation sites is 1. The molecular weight excluding hydrogens is 510 g/mol. The van der Waals surface area contributed by atoms with Gasteiger partial charge in [-0.25, -0.2) is 8.42 Å². The van der Waals surface area contributed by atoms with E-state index in [1.807, 2.05) is 85.0 Å². The van der Waals surface area contributed by atoms with Gasteiger partial charge in [-0.05, 0) is 60.2 Å². The molecule has 0 spiro atoms. The van der Waals surface area contributed by atoms with Crippen LogP contribution in [0.4, 0.5) is 5.69 Å². The van der Waals surface area contributed by atoms with Gasteiger partial charge in [0.15, 0.2) is 0 Å². The molecule has 0 amide bonds. The van der Waals surface area contributed by atoms with Crippen molar-refractivity contribution >= 4 is 55.2 Å². The molecule has 1 saturated heterocycles. The van der Waals surface area contributed by atoms with Gasteiger partial charge < -0.3 is 0 Å². The third-order valence-electron chi connectivity index (χ3n) is 5.17. The molecule has 7 heteroatoms. The number of aryl methyl sites for hydroxylation is 1. The number of rotatable bonds is 6. The summed E-state index contributed by atoms with van der Waals surface area (Å²) in [6.07, 6.45) is 1.19. The van der Waals surface area contributed by atoms with Crippen molar-refractivity contribution in [2.75, 3.05) is 15.8 Å². The maximum absolute atomic E-state index is 13.9. The Kier molecular flexibility index (Phi) is 7.37. The van der Waals surface area contributed by atoms with Crippen LogP contribution < -0.4 is 4.31 Å². The molecule has 1 aliphatic rings. The molecule has 0 saturated carbocycles. The summed E-state index contributed by atoms with van der Waals surface area (Å²) in [6.45, 7) is 2.22. The van der Waals surface area contributed by atoms with E-state index in [-0.39, 0.29) is 11.1 Å². The molecule has 4 rings (SSSR count). The molecule has 0 atom stereocenters. The lowest BCUT2D eigenvalue weighted by atomic mass is 10.1. The van der Waals surface area contributed by atoms with Gasteiger partial charge in [0.2, 0.25) is 0 Å². The topological polar surface area (TPSA) is 37.4 Å². The van der Waals surface area contributed by atoms with Crippen LogP contribution in [-0.2, 0) is 16.6 Å². The monoisotopic (exact) mass is 533 g/mol. The van der Waals surface area contributed by atoms with E-state index in [4.69, 9.17) is 0 Å². The number of halogens is 1. The fourth-order valence-corrected chi connectivity index (χ4v) is 8.33. The van der Waals surface area contributed by atoms with Crippen molar-refractivity contribution < 1.29 is 8.42 Å². The highest BCUT2D eigenvalue weighted by atomic mass is 79.9. The molecule has 0 aromatic heterocycles. The Bertz CT molecular complexity index is 1140. The summed E-state index contributed by atoms with van der Waals surface area (Å²) < 4.78 is 30.5. The maximum atomic E-state index is 13.9. The highest BCUT2D eigenvalue weighted by Crippen LogP contribution is 2.47. The second-order valence-corrected chi connectivity index (χ2v) is 12.8. The van der Waals surface area contributed by atoms with Crippen LogP contribution >= 0.6 is 39.5 Å².